The summed E-state index contributed by atoms with van der Waals surface area (Å²) in [6.07, 6.45) is 2.50. The van der Waals surface area contributed by atoms with Gasteiger partial charge in [0.2, 0.25) is 11.8 Å². The minimum atomic E-state index is -0.711. The maximum Gasteiger partial charge on any atom is 0.246 e. The Morgan fingerprint density at radius 2 is 1.88 bits per heavy atom. The Kier molecular flexibility index (Phi) is 3.94. The summed E-state index contributed by atoms with van der Waals surface area (Å²) in [4.78, 5) is 25.8. The molecule has 1 heterocycles. The first-order valence-electron chi connectivity index (χ1n) is 6.07. The Balaban J connectivity index is 2.90. The molecule has 0 spiro atoms. The number of nitrogens with zero attached hydrogens (tertiary/aromatic N) is 1. The molecule has 0 aromatic carbocycles. The molecule has 0 bridgehead atoms. The topological polar surface area (TPSA) is 49.4 Å². The molecule has 1 saturated heterocycles. The highest BCUT2D eigenvalue weighted by Gasteiger charge is 2.45. The number of nitrogens with one attached hydrogen (secondary N) is 1. The zero-order valence-corrected chi connectivity index (χ0v) is 10.7. The summed E-state index contributed by atoms with van der Waals surface area (Å²) < 4.78 is 0. The summed E-state index contributed by atoms with van der Waals surface area (Å²) in [7, 11) is 0. The summed E-state index contributed by atoms with van der Waals surface area (Å²) >= 11 is 0. The van der Waals surface area contributed by atoms with Crippen LogP contribution in [0.25, 0.3) is 0 Å². The van der Waals surface area contributed by atoms with E-state index >= 15 is 0 Å². The predicted molar refractivity (Wildman–Crippen MR) is 62.9 cm³/mol. The van der Waals surface area contributed by atoms with E-state index in [1.807, 2.05) is 13.8 Å². The van der Waals surface area contributed by atoms with Crippen LogP contribution in [0.2, 0.25) is 0 Å². The molecule has 4 heteroatoms. The lowest BCUT2D eigenvalue weighted by atomic mass is 9.94. The Morgan fingerprint density at radius 3 is 2.38 bits per heavy atom. The van der Waals surface area contributed by atoms with Crippen LogP contribution in [-0.4, -0.2) is 34.8 Å². The minimum absolute atomic E-state index is 0.0426. The molecule has 1 N–H and O–H groups in total. The van der Waals surface area contributed by atoms with Gasteiger partial charge < -0.3 is 10.2 Å². The van der Waals surface area contributed by atoms with Crippen molar-refractivity contribution in [2.24, 2.45) is 0 Å². The summed E-state index contributed by atoms with van der Waals surface area (Å²) in [6, 6.07) is -0.322. The second-order valence-corrected chi connectivity index (χ2v) is 4.86. The third-order valence-corrected chi connectivity index (χ3v) is 3.12. The lowest BCUT2D eigenvalue weighted by Crippen LogP contribution is -2.68. The van der Waals surface area contributed by atoms with Crippen LogP contribution >= 0.6 is 0 Å². The standard InChI is InChI=1S/C12H22N2O2/c1-5-7-9-10(15)14(8-6-2)12(3,4)11(16)13-9/h9H,5-8H2,1-4H3,(H,13,16). The van der Waals surface area contributed by atoms with Gasteiger partial charge in [0.05, 0.1) is 0 Å². The van der Waals surface area contributed by atoms with Gasteiger partial charge in [-0.25, -0.2) is 0 Å². The molecule has 1 aliphatic heterocycles. The number of hydrogen-bond acceptors (Lipinski definition) is 2. The van der Waals surface area contributed by atoms with E-state index in [1.54, 1.807) is 18.7 Å². The fraction of sp³-hybridized carbons (Fsp3) is 0.833. The maximum absolute atomic E-state index is 12.2. The Labute approximate surface area is 97.4 Å². The molecule has 1 aliphatic rings. The second kappa shape index (κ2) is 4.85. The number of carbonyl (C=O) groups excluding carboxylic acids is 2. The van der Waals surface area contributed by atoms with Gasteiger partial charge in [-0.1, -0.05) is 20.3 Å². The van der Waals surface area contributed by atoms with E-state index in [2.05, 4.69) is 5.32 Å². The number of carbonyl (C=O) groups is 2. The molecule has 1 atom stereocenters. The van der Waals surface area contributed by atoms with Crippen LogP contribution in [0.15, 0.2) is 0 Å². The van der Waals surface area contributed by atoms with E-state index in [4.69, 9.17) is 0 Å². The van der Waals surface area contributed by atoms with Gasteiger partial charge in [-0.05, 0) is 26.7 Å². The van der Waals surface area contributed by atoms with E-state index < -0.39 is 5.54 Å². The van der Waals surface area contributed by atoms with Gasteiger partial charge in [-0.15, -0.1) is 0 Å². The Morgan fingerprint density at radius 1 is 1.25 bits per heavy atom. The van der Waals surface area contributed by atoms with Gasteiger partial charge in [-0.3, -0.25) is 9.59 Å². The normalized spacial score (nSPS) is 24.5. The van der Waals surface area contributed by atoms with Crippen LogP contribution in [0, 0.1) is 0 Å². The van der Waals surface area contributed by atoms with Crippen molar-refractivity contribution in [2.75, 3.05) is 6.54 Å². The molecule has 1 fully saturated rings. The van der Waals surface area contributed by atoms with E-state index in [9.17, 15) is 9.59 Å². The van der Waals surface area contributed by atoms with Crippen molar-refractivity contribution < 1.29 is 9.59 Å². The first kappa shape index (κ1) is 13.0. The van der Waals surface area contributed by atoms with Gasteiger partial charge in [0.25, 0.3) is 0 Å². The van der Waals surface area contributed by atoms with Crippen LogP contribution in [0.5, 0.6) is 0 Å². The number of rotatable bonds is 4. The van der Waals surface area contributed by atoms with Gasteiger partial charge in [0, 0.05) is 6.54 Å². The molecule has 0 aromatic heterocycles. The molecule has 4 nitrogen and oxygen atoms in total. The average Bonchev–Trinajstić information content (AvgIpc) is 2.22. The zero-order valence-electron chi connectivity index (χ0n) is 10.7. The smallest absolute Gasteiger partial charge is 0.246 e. The third kappa shape index (κ3) is 2.20. The lowest BCUT2D eigenvalue weighted by molar-refractivity contribution is -0.155. The first-order valence-corrected chi connectivity index (χ1v) is 6.07. The molecule has 1 unspecified atom stereocenters. The van der Waals surface area contributed by atoms with Crippen LogP contribution in [0.4, 0.5) is 0 Å². The molecule has 16 heavy (non-hydrogen) atoms. The molecular formula is C12H22N2O2. The van der Waals surface area contributed by atoms with Crippen LogP contribution < -0.4 is 5.32 Å². The van der Waals surface area contributed by atoms with Crippen molar-refractivity contribution in [3.05, 3.63) is 0 Å². The monoisotopic (exact) mass is 226 g/mol. The van der Waals surface area contributed by atoms with Gasteiger partial charge in [0.1, 0.15) is 11.6 Å². The Hall–Kier alpha value is -1.06. The first-order chi connectivity index (χ1) is 7.45. The summed E-state index contributed by atoms with van der Waals surface area (Å²) in [5.74, 6) is 0.0206. The number of amides is 2. The molecule has 0 saturated carbocycles. The van der Waals surface area contributed by atoms with Gasteiger partial charge >= 0.3 is 0 Å². The van der Waals surface area contributed by atoms with Crippen molar-refractivity contribution in [3.63, 3.8) is 0 Å². The van der Waals surface area contributed by atoms with E-state index in [0.717, 1.165) is 19.3 Å². The summed E-state index contributed by atoms with van der Waals surface area (Å²) in [6.45, 7) is 8.30. The third-order valence-electron chi connectivity index (χ3n) is 3.12. The van der Waals surface area contributed by atoms with Crippen molar-refractivity contribution >= 4 is 11.8 Å². The highest BCUT2D eigenvalue weighted by Crippen LogP contribution is 2.22. The van der Waals surface area contributed by atoms with Crippen molar-refractivity contribution in [2.45, 2.75) is 58.5 Å². The molecular weight excluding hydrogens is 204 g/mol. The molecule has 2 amide bonds. The average molecular weight is 226 g/mol. The lowest BCUT2D eigenvalue weighted by Gasteiger charge is -2.44. The number of hydrogen-bond donors (Lipinski definition) is 1. The highest BCUT2D eigenvalue weighted by atomic mass is 16.2. The van der Waals surface area contributed by atoms with Crippen molar-refractivity contribution in [1.29, 1.82) is 0 Å². The molecule has 0 aliphatic carbocycles. The predicted octanol–water partition coefficient (Wildman–Crippen LogP) is 1.30. The van der Waals surface area contributed by atoms with Crippen LogP contribution in [0.3, 0.4) is 0 Å². The largest absolute Gasteiger partial charge is 0.342 e. The van der Waals surface area contributed by atoms with Crippen molar-refractivity contribution in [3.8, 4) is 0 Å². The van der Waals surface area contributed by atoms with Crippen LogP contribution in [-0.2, 0) is 9.59 Å². The summed E-state index contributed by atoms with van der Waals surface area (Å²) in [5, 5.41) is 2.82. The quantitative estimate of drug-likeness (QED) is 0.785. The van der Waals surface area contributed by atoms with E-state index in [-0.39, 0.29) is 17.9 Å². The fourth-order valence-electron chi connectivity index (χ4n) is 2.08. The van der Waals surface area contributed by atoms with Gasteiger partial charge in [0.15, 0.2) is 0 Å². The Bertz CT molecular complexity index is 287. The second-order valence-electron chi connectivity index (χ2n) is 4.86. The van der Waals surface area contributed by atoms with Crippen molar-refractivity contribution in [1.82, 2.24) is 10.2 Å². The van der Waals surface area contributed by atoms with E-state index in [1.165, 1.54) is 0 Å². The summed E-state index contributed by atoms with van der Waals surface area (Å²) in [5.41, 5.74) is -0.711. The maximum atomic E-state index is 12.2. The molecule has 92 valence electrons. The fourth-order valence-corrected chi connectivity index (χ4v) is 2.08. The zero-order chi connectivity index (χ0) is 12.3. The van der Waals surface area contributed by atoms with Gasteiger partial charge in [-0.2, -0.15) is 0 Å². The highest BCUT2D eigenvalue weighted by molar-refractivity contribution is 5.99. The molecule has 1 rings (SSSR count). The molecule has 0 radical (unpaired) electrons. The molecule has 0 aromatic rings. The number of piperazine rings is 1. The van der Waals surface area contributed by atoms with Crippen LogP contribution in [0.1, 0.15) is 47.0 Å². The minimum Gasteiger partial charge on any atom is -0.342 e. The van der Waals surface area contributed by atoms with E-state index in [0.29, 0.717) is 6.54 Å². The SMILES string of the molecule is CCCC1NC(=O)C(C)(C)N(CCC)C1=O.